The van der Waals surface area contributed by atoms with E-state index in [1.54, 1.807) is 16.7 Å². The molecule has 5 heteroatoms. The van der Waals surface area contributed by atoms with E-state index in [1.807, 2.05) is 42.7 Å². The molecule has 0 radical (unpaired) electrons. The topological polar surface area (TPSA) is 12.5 Å². The molecule has 1 spiro atoms. The van der Waals surface area contributed by atoms with Crippen molar-refractivity contribution < 1.29 is 18.3 Å². The number of likely N-dealkylation sites (tertiary alicyclic amines) is 1. The number of hydrogen-bond donors (Lipinski definition) is 0. The average Bonchev–Trinajstić information content (AvgIpc) is 3.26. The molecule has 0 atom stereocenters. The Kier molecular flexibility index (Phi) is 7.57. The number of hydrogen-bond acceptors (Lipinski definition) is 2. The van der Waals surface area contributed by atoms with Crippen molar-refractivity contribution in [1.29, 1.82) is 0 Å². The molecule has 0 aromatic heterocycles. The van der Waals surface area contributed by atoms with E-state index in [2.05, 4.69) is 79.9 Å². The van der Waals surface area contributed by atoms with Crippen LogP contribution in [0.15, 0.2) is 84.4 Å². The van der Waals surface area contributed by atoms with E-state index in [1.165, 1.54) is 49.7 Å². The van der Waals surface area contributed by atoms with Gasteiger partial charge in [-0.1, -0.05) is 76.7 Å². The zero-order valence-electron chi connectivity index (χ0n) is 26.8. The van der Waals surface area contributed by atoms with Gasteiger partial charge in [0.2, 0.25) is 0 Å². The maximum absolute atomic E-state index is 5.82. The van der Waals surface area contributed by atoms with Crippen molar-refractivity contribution in [1.82, 2.24) is 4.90 Å². The number of rotatable bonds is 4. The zero-order chi connectivity index (χ0) is 31.1. The van der Waals surface area contributed by atoms with Crippen molar-refractivity contribution in [3.05, 3.63) is 119 Å². The summed E-state index contributed by atoms with van der Waals surface area (Å²) in [7, 11) is 11.6. The van der Waals surface area contributed by atoms with E-state index in [9.17, 15) is 0 Å². The van der Waals surface area contributed by atoms with Crippen molar-refractivity contribution in [3.63, 3.8) is 0 Å². The van der Waals surface area contributed by atoms with Gasteiger partial charge in [0, 0.05) is 11.5 Å². The fourth-order valence-corrected chi connectivity index (χ4v) is 12.6. The summed E-state index contributed by atoms with van der Waals surface area (Å²) in [5.41, 5.74) is 9.19. The monoisotopic (exact) mass is 726 g/mol. The van der Waals surface area contributed by atoms with Crippen LogP contribution in [0.2, 0.25) is 0 Å². The molecule has 1 aliphatic heterocycles. The normalized spacial score (nSPS) is 33.0. The number of allylic oxidation sites excluding steroid dienone is 1. The fraction of sp³-hybridized carbons (Fsp3) is 0.450. The number of para-hydroxylation sites is 1. The Morgan fingerprint density at radius 3 is 1.91 bits per heavy atom. The average molecular weight is 727 g/mol. The molecule has 5 fully saturated rings. The van der Waals surface area contributed by atoms with Crippen molar-refractivity contribution >= 4 is 24.0 Å². The zero-order valence-corrected chi connectivity index (χ0v) is 30.0. The van der Waals surface area contributed by atoms with Gasteiger partial charge in [-0.25, -0.2) is 6.54 Å². The summed E-state index contributed by atoms with van der Waals surface area (Å²) < 4.78 is 7.51. The van der Waals surface area contributed by atoms with Crippen molar-refractivity contribution in [3.8, 4) is 5.75 Å². The maximum atomic E-state index is 5.82. The Morgan fingerprint density at radius 1 is 0.822 bits per heavy atom. The molecular weight excluding hydrogens is 682 g/mol. The van der Waals surface area contributed by atoms with Crippen LogP contribution in [0.4, 0.5) is 0 Å². The minimum absolute atomic E-state index is 0.0744. The van der Waals surface area contributed by atoms with Gasteiger partial charge in [0.05, 0.1) is 0 Å². The number of halogens is 2. The maximum Gasteiger partial charge on any atom is 0.0276 e. The molecule has 2 nitrogen and oxygen atoms in total. The van der Waals surface area contributed by atoms with Gasteiger partial charge in [-0.15, -0.1) is 0 Å². The first kappa shape index (κ1) is 30.6. The van der Waals surface area contributed by atoms with Crippen LogP contribution in [0.1, 0.15) is 100.0 Å². The summed E-state index contributed by atoms with van der Waals surface area (Å²) in [5.74, 6) is 4.18. The van der Waals surface area contributed by atoms with Gasteiger partial charge in [-0.2, -0.15) is 0 Å². The predicted molar refractivity (Wildman–Crippen MR) is 184 cm³/mol. The summed E-state index contributed by atoms with van der Waals surface area (Å²) in [6.45, 7) is 11.8. The third-order valence-corrected chi connectivity index (χ3v) is 13.6. The second-order valence-electron chi connectivity index (χ2n) is 15.3. The quantitative estimate of drug-likeness (QED) is 0.151. The van der Waals surface area contributed by atoms with Crippen LogP contribution in [-0.2, 0) is 18.9 Å². The summed E-state index contributed by atoms with van der Waals surface area (Å²) in [4.78, 5) is 2.94. The van der Waals surface area contributed by atoms with Crippen LogP contribution in [0.25, 0.3) is 0 Å². The molecule has 0 unspecified atom stereocenters. The molecule has 7 aliphatic carbocycles. The Balaban J connectivity index is 0.000000183. The minimum Gasteiger partial charge on any atom is -0.442 e. The smallest absolute Gasteiger partial charge is 0.0276 e. The molecule has 1 saturated heterocycles. The Labute approximate surface area is 282 Å². The summed E-state index contributed by atoms with van der Waals surface area (Å²) in [6.07, 6.45) is 11.6. The van der Waals surface area contributed by atoms with E-state index in [0.717, 1.165) is 29.1 Å². The van der Waals surface area contributed by atoms with E-state index in [-0.39, 0.29) is 17.1 Å². The molecule has 0 amide bonds. The van der Waals surface area contributed by atoms with Gasteiger partial charge in [-0.05, 0) is 86.8 Å². The van der Waals surface area contributed by atoms with E-state index >= 15 is 0 Å². The van der Waals surface area contributed by atoms with Gasteiger partial charge in [-0.3, -0.25) is 0 Å². The Morgan fingerprint density at radius 2 is 1.36 bits per heavy atom. The molecule has 0 N–H and O–H groups in total. The molecule has 238 valence electrons. The molecule has 8 aliphatic rings. The van der Waals surface area contributed by atoms with Crippen molar-refractivity contribution in [2.45, 2.75) is 94.7 Å². The third kappa shape index (κ3) is 4.81. The second kappa shape index (κ2) is 11.2. The van der Waals surface area contributed by atoms with Crippen molar-refractivity contribution in [2.75, 3.05) is 0 Å². The number of ether oxygens (including phenoxy) is 1. The van der Waals surface area contributed by atoms with Crippen LogP contribution in [-0.4, -0.2) is 26.7 Å². The standard InChI is InChI=1S/C30H32N.C10H12O.2ClH.Ru/c1-28(2)27-14-24-22-7-3-5-9-25(22)30(27,26-10-6-4-8-23(24)26)18-31(28)29-15-19-11-20(16-29)13-21(12-19)17-29;1-8(2)11-10-7-5-4-6-9(10)3;;;/h3-10,14,18-21,24H,11-13,15-17H2,1-2H3;3-8H,1-2H3;2*1H;/q-1;;;;+2/p-2. The van der Waals surface area contributed by atoms with Crippen molar-refractivity contribution in [2.24, 2.45) is 17.8 Å². The Hall–Kier alpha value is -1.77. The predicted octanol–water partition coefficient (Wildman–Crippen LogP) is 10.1. The van der Waals surface area contributed by atoms with Gasteiger partial charge >= 0.3 is 97.8 Å². The molecule has 3 aromatic carbocycles. The SMILES string of the molecule is CC(C)Oc1ccccc1[CH]=[Ru]([Cl])[Cl].CC1(C)C2=CC3c4ccccc4C2([CH-]N1C12CC4CC(CC(C4)C1)C2)c1ccccc13. The second-order valence-corrected chi connectivity index (χ2v) is 21.0. The first-order chi connectivity index (χ1) is 21.6. The first-order valence-electron chi connectivity index (χ1n) is 16.8. The molecule has 1 heterocycles. The summed E-state index contributed by atoms with van der Waals surface area (Å²) in [6, 6.07) is 26.4. The molecule has 4 saturated carbocycles. The van der Waals surface area contributed by atoms with Crippen LogP contribution >= 0.6 is 19.4 Å². The largest absolute Gasteiger partial charge is 0.442 e. The molecule has 6 bridgehead atoms. The number of benzene rings is 3. The summed E-state index contributed by atoms with van der Waals surface area (Å²) in [5, 5.41) is 0. The van der Waals surface area contributed by atoms with Crippen LogP contribution < -0.4 is 4.74 Å². The number of nitrogens with zero attached hydrogens (tertiary/aromatic N) is 1. The Bertz CT molecular complexity index is 1620. The van der Waals surface area contributed by atoms with E-state index < -0.39 is 13.5 Å². The van der Waals surface area contributed by atoms with Crippen LogP contribution in [0, 0.1) is 24.3 Å². The van der Waals surface area contributed by atoms with Gasteiger partial charge in [0.25, 0.3) is 0 Å². The first-order valence-corrected chi connectivity index (χ1v) is 22.2. The van der Waals surface area contributed by atoms with Gasteiger partial charge in [0.15, 0.2) is 0 Å². The molecule has 11 rings (SSSR count). The fourth-order valence-electron chi connectivity index (χ4n) is 10.8. The van der Waals surface area contributed by atoms with Crippen LogP contribution in [0.5, 0.6) is 5.75 Å². The molecular formula is C40H44Cl2NORu-. The third-order valence-electron chi connectivity index (χ3n) is 11.8. The van der Waals surface area contributed by atoms with Gasteiger partial charge < -0.3 is 4.90 Å². The molecule has 45 heavy (non-hydrogen) atoms. The van der Waals surface area contributed by atoms with Crippen LogP contribution in [0.3, 0.4) is 0 Å². The van der Waals surface area contributed by atoms with E-state index in [4.69, 9.17) is 24.1 Å². The molecule has 3 aromatic rings. The summed E-state index contributed by atoms with van der Waals surface area (Å²) >= 11 is -1.77. The minimum atomic E-state index is -1.77. The van der Waals surface area contributed by atoms with Gasteiger partial charge in [0.1, 0.15) is 0 Å². The van der Waals surface area contributed by atoms with E-state index in [0.29, 0.717) is 11.5 Å².